The number of unbranched alkanes of at least 4 members (excludes halogenated alkanes) is 1. The Balaban J connectivity index is 2.59. The third-order valence-electron chi connectivity index (χ3n) is 3.78. The van der Waals surface area contributed by atoms with Crippen LogP contribution in [-0.2, 0) is 0 Å². The van der Waals surface area contributed by atoms with Crippen LogP contribution < -0.4 is 5.32 Å². The number of hydrogen-bond donors (Lipinski definition) is 1. The summed E-state index contributed by atoms with van der Waals surface area (Å²) in [5, 5.41) is 4.33. The van der Waals surface area contributed by atoms with Gasteiger partial charge in [0.1, 0.15) is 0 Å². The molecule has 1 N–H and O–H groups in total. The quantitative estimate of drug-likeness (QED) is 0.741. The summed E-state index contributed by atoms with van der Waals surface area (Å²) in [4.78, 5) is 2.74. The topological polar surface area (TPSA) is 15.3 Å². The molecule has 2 nitrogen and oxygen atoms in total. The molecule has 1 fully saturated rings. The van der Waals surface area contributed by atoms with Crippen molar-refractivity contribution >= 4 is 11.8 Å². The van der Waals surface area contributed by atoms with Crippen LogP contribution >= 0.6 is 11.8 Å². The Morgan fingerprint density at radius 3 is 2.69 bits per heavy atom. The predicted octanol–water partition coefficient (Wildman–Crippen LogP) is 2.59. The van der Waals surface area contributed by atoms with Crippen molar-refractivity contribution in [1.82, 2.24) is 10.2 Å². The van der Waals surface area contributed by atoms with E-state index in [1.54, 1.807) is 0 Å². The molecule has 16 heavy (non-hydrogen) atoms. The van der Waals surface area contributed by atoms with Gasteiger partial charge in [-0.3, -0.25) is 4.90 Å². The zero-order valence-electron chi connectivity index (χ0n) is 11.3. The van der Waals surface area contributed by atoms with Gasteiger partial charge in [-0.2, -0.15) is 11.8 Å². The number of hydrogen-bond acceptors (Lipinski definition) is 3. The lowest BCUT2D eigenvalue weighted by Gasteiger charge is -2.36. The minimum Gasteiger partial charge on any atom is -0.314 e. The molecule has 0 radical (unpaired) electrons. The van der Waals surface area contributed by atoms with Crippen LogP contribution in [0.5, 0.6) is 0 Å². The Hall–Kier alpha value is 0.270. The van der Waals surface area contributed by atoms with Crippen molar-refractivity contribution in [2.24, 2.45) is 0 Å². The van der Waals surface area contributed by atoms with Gasteiger partial charge in [0.2, 0.25) is 0 Å². The molecule has 0 aromatic carbocycles. The van der Waals surface area contributed by atoms with Crippen molar-refractivity contribution in [3.05, 3.63) is 0 Å². The van der Waals surface area contributed by atoms with E-state index in [2.05, 4.69) is 37.2 Å². The third kappa shape index (κ3) is 3.64. The normalized spacial score (nSPS) is 27.6. The van der Waals surface area contributed by atoms with Crippen molar-refractivity contribution in [2.75, 3.05) is 25.9 Å². The van der Waals surface area contributed by atoms with Crippen LogP contribution in [0.15, 0.2) is 0 Å². The van der Waals surface area contributed by atoms with Gasteiger partial charge < -0.3 is 5.32 Å². The van der Waals surface area contributed by atoms with E-state index in [4.69, 9.17) is 0 Å². The van der Waals surface area contributed by atoms with Crippen molar-refractivity contribution in [2.45, 2.75) is 57.4 Å². The summed E-state index contributed by atoms with van der Waals surface area (Å²) in [5.74, 6) is 0. The monoisotopic (exact) mass is 244 g/mol. The first kappa shape index (κ1) is 14.3. The summed E-state index contributed by atoms with van der Waals surface area (Å²) in [7, 11) is 0. The summed E-state index contributed by atoms with van der Waals surface area (Å²) in [5.41, 5.74) is 0. The van der Waals surface area contributed by atoms with Crippen LogP contribution in [0.25, 0.3) is 0 Å². The molecule has 3 atom stereocenters. The average molecular weight is 244 g/mol. The second kappa shape index (κ2) is 7.57. The van der Waals surface area contributed by atoms with Crippen molar-refractivity contribution < 1.29 is 0 Å². The molecule has 1 heterocycles. The lowest BCUT2D eigenvalue weighted by Crippen LogP contribution is -2.47. The first-order valence-electron chi connectivity index (χ1n) is 6.73. The molecule has 1 aliphatic rings. The fourth-order valence-corrected chi connectivity index (χ4v) is 3.35. The molecule has 3 heteroatoms. The Labute approximate surface area is 106 Å². The molecule has 0 aromatic heterocycles. The van der Waals surface area contributed by atoms with Gasteiger partial charge in [0.15, 0.2) is 0 Å². The molecule has 0 amide bonds. The van der Waals surface area contributed by atoms with Crippen molar-refractivity contribution in [3.63, 3.8) is 0 Å². The van der Waals surface area contributed by atoms with Crippen LogP contribution in [0.2, 0.25) is 0 Å². The van der Waals surface area contributed by atoms with Gasteiger partial charge in [0.25, 0.3) is 0 Å². The summed E-state index contributed by atoms with van der Waals surface area (Å²) in [6, 6.07) is 1.47. The molecule has 0 aromatic rings. The first-order chi connectivity index (χ1) is 7.74. The largest absolute Gasteiger partial charge is 0.314 e. The third-order valence-corrected chi connectivity index (χ3v) is 4.87. The zero-order chi connectivity index (χ0) is 12.0. The Kier molecular flexibility index (Phi) is 6.78. The molecule has 0 bridgehead atoms. The summed E-state index contributed by atoms with van der Waals surface area (Å²) >= 11 is 2.03. The van der Waals surface area contributed by atoms with E-state index in [0.717, 1.165) is 17.3 Å². The van der Waals surface area contributed by atoms with Gasteiger partial charge >= 0.3 is 0 Å². The van der Waals surface area contributed by atoms with E-state index in [0.29, 0.717) is 0 Å². The minimum atomic E-state index is 0.728. The van der Waals surface area contributed by atoms with Gasteiger partial charge in [-0.1, -0.05) is 20.3 Å². The number of nitrogens with one attached hydrogen (secondary N) is 1. The maximum absolute atomic E-state index is 3.55. The lowest BCUT2D eigenvalue weighted by atomic mass is 10.1. The Morgan fingerprint density at radius 1 is 1.38 bits per heavy atom. The lowest BCUT2D eigenvalue weighted by molar-refractivity contribution is 0.150. The van der Waals surface area contributed by atoms with Crippen molar-refractivity contribution in [3.8, 4) is 0 Å². The van der Waals surface area contributed by atoms with E-state index in [1.807, 2.05) is 11.8 Å². The van der Waals surface area contributed by atoms with E-state index < -0.39 is 0 Å². The Bertz CT molecular complexity index is 187. The molecular weight excluding hydrogens is 216 g/mol. The molecule has 1 rings (SSSR count). The highest BCUT2D eigenvalue weighted by molar-refractivity contribution is 7.99. The van der Waals surface area contributed by atoms with Gasteiger partial charge in [-0.05, 0) is 32.6 Å². The number of nitrogens with zero attached hydrogens (tertiary/aromatic N) is 1. The van der Waals surface area contributed by atoms with Crippen LogP contribution in [0.1, 0.15) is 40.0 Å². The molecule has 0 saturated carbocycles. The summed E-state index contributed by atoms with van der Waals surface area (Å²) in [6.07, 6.45) is 6.15. The molecule has 0 aliphatic carbocycles. The molecule has 1 aliphatic heterocycles. The first-order valence-corrected chi connectivity index (χ1v) is 8.02. The fourth-order valence-electron chi connectivity index (χ4n) is 2.50. The fraction of sp³-hybridized carbons (Fsp3) is 1.00. The maximum Gasteiger partial charge on any atom is 0.0354 e. The minimum absolute atomic E-state index is 0.728. The zero-order valence-corrected chi connectivity index (χ0v) is 12.1. The molecule has 1 saturated heterocycles. The number of thioether (sulfide) groups is 1. The molecular formula is C13H28N2S. The second-order valence-corrected chi connectivity index (χ2v) is 5.93. The molecule has 0 spiro atoms. The molecule has 96 valence electrons. The van der Waals surface area contributed by atoms with Crippen LogP contribution in [0, 0.1) is 0 Å². The second-order valence-electron chi connectivity index (χ2n) is 4.85. The van der Waals surface area contributed by atoms with E-state index in [-0.39, 0.29) is 0 Å². The van der Waals surface area contributed by atoms with E-state index in [9.17, 15) is 0 Å². The summed E-state index contributed by atoms with van der Waals surface area (Å²) < 4.78 is 0. The van der Waals surface area contributed by atoms with E-state index in [1.165, 1.54) is 38.9 Å². The Morgan fingerprint density at radius 2 is 2.12 bits per heavy atom. The summed E-state index contributed by atoms with van der Waals surface area (Å²) in [6.45, 7) is 10.6. The number of rotatable bonds is 7. The van der Waals surface area contributed by atoms with Gasteiger partial charge in [0, 0.05) is 30.4 Å². The smallest absolute Gasteiger partial charge is 0.0354 e. The van der Waals surface area contributed by atoms with Gasteiger partial charge in [0.05, 0.1) is 0 Å². The SMILES string of the molecule is CCCCN(C(C)CC)C1CNCC1SC. The predicted molar refractivity (Wildman–Crippen MR) is 75.3 cm³/mol. The standard InChI is InChI=1S/C13H28N2S/c1-5-7-8-15(11(3)6-2)12-9-14-10-13(12)16-4/h11-14H,5-10H2,1-4H3. The maximum atomic E-state index is 3.55. The van der Waals surface area contributed by atoms with E-state index >= 15 is 0 Å². The van der Waals surface area contributed by atoms with Crippen LogP contribution in [0.3, 0.4) is 0 Å². The van der Waals surface area contributed by atoms with Gasteiger partial charge in [-0.25, -0.2) is 0 Å². The van der Waals surface area contributed by atoms with Crippen LogP contribution in [0.4, 0.5) is 0 Å². The van der Waals surface area contributed by atoms with Crippen molar-refractivity contribution in [1.29, 1.82) is 0 Å². The average Bonchev–Trinajstić information content (AvgIpc) is 2.77. The van der Waals surface area contributed by atoms with Gasteiger partial charge in [-0.15, -0.1) is 0 Å². The highest BCUT2D eigenvalue weighted by Crippen LogP contribution is 2.23. The highest BCUT2D eigenvalue weighted by atomic mass is 32.2. The van der Waals surface area contributed by atoms with Crippen LogP contribution in [-0.4, -0.2) is 48.1 Å². The highest BCUT2D eigenvalue weighted by Gasteiger charge is 2.32. The molecule has 3 unspecified atom stereocenters.